The van der Waals surface area contributed by atoms with E-state index >= 15 is 0 Å². The number of rotatable bonds is 4. The van der Waals surface area contributed by atoms with Crippen molar-refractivity contribution in [3.8, 4) is 0 Å². The van der Waals surface area contributed by atoms with E-state index in [4.69, 9.17) is 9.97 Å². The number of pyridine rings is 1. The van der Waals surface area contributed by atoms with Crippen molar-refractivity contribution in [2.45, 2.75) is 58.0 Å². The minimum Gasteiger partial charge on any atom is -0.367 e. The Morgan fingerprint density at radius 2 is 1.68 bits per heavy atom. The smallest absolute Gasteiger partial charge is 0.226 e. The monoisotopic (exact) mass is 340 g/mol. The van der Waals surface area contributed by atoms with Crippen LogP contribution in [0.25, 0.3) is 11.0 Å². The maximum atomic E-state index is 4.84. The van der Waals surface area contributed by atoms with E-state index in [2.05, 4.69) is 40.6 Å². The molecule has 2 aliphatic rings. The Hall–Kier alpha value is -1.95. The van der Waals surface area contributed by atoms with Crippen LogP contribution in [0.1, 0.15) is 43.4 Å². The Morgan fingerprint density at radius 1 is 0.960 bits per heavy atom. The van der Waals surface area contributed by atoms with Gasteiger partial charge in [0.2, 0.25) is 5.95 Å². The molecule has 0 bridgehead atoms. The van der Waals surface area contributed by atoms with E-state index in [0.717, 1.165) is 48.5 Å². The lowest BCUT2D eigenvalue weighted by atomic mass is 9.93. The summed E-state index contributed by atoms with van der Waals surface area (Å²) in [7, 11) is 2.18. The number of hydrogen-bond acceptors (Lipinski definition) is 6. The summed E-state index contributed by atoms with van der Waals surface area (Å²) in [5.41, 5.74) is 2.99. The Labute approximate surface area is 149 Å². The van der Waals surface area contributed by atoms with Crippen molar-refractivity contribution >= 4 is 22.8 Å². The molecular formula is C19H28N6. The zero-order valence-electron chi connectivity index (χ0n) is 15.5. The van der Waals surface area contributed by atoms with Crippen molar-refractivity contribution in [1.29, 1.82) is 0 Å². The Balaban J connectivity index is 1.66. The second-order valence-corrected chi connectivity index (χ2v) is 7.67. The van der Waals surface area contributed by atoms with Gasteiger partial charge >= 0.3 is 0 Å². The van der Waals surface area contributed by atoms with Gasteiger partial charge in [-0.05, 0) is 77.7 Å². The third-order valence-corrected chi connectivity index (χ3v) is 5.49. The van der Waals surface area contributed by atoms with Gasteiger partial charge in [0.15, 0.2) is 5.65 Å². The zero-order chi connectivity index (χ0) is 17.4. The van der Waals surface area contributed by atoms with E-state index in [1.807, 2.05) is 6.92 Å². The topological polar surface area (TPSA) is 66.0 Å². The number of nitrogens with zero attached hydrogens (tertiary/aromatic N) is 4. The number of hydrogen-bond donors (Lipinski definition) is 2. The summed E-state index contributed by atoms with van der Waals surface area (Å²) in [4.78, 5) is 16.6. The molecule has 1 saturated carbocycles. The molecule has 2 fully saturated rings. The SMILES string of the molecule is Cc1cc(C)c2c(NC3CCC3)nc(NC3CCN(C)CC3)nc2n1. The summed E-state index contributed by atoms with van der Waals surface area (Å²) in [6, 6.07) is 3.09. The van der Waals surface area contributed by atoms with Crippen LogP contribution < -0.4 is 10.6 Å². The molecular weight excluding hydrogens is 312 g/mol. The van der Waals surface area contributed by atoms with Gasteiger partial charge in [-0.2, -0.15) is 9.97 Å². The van der Waals surface area contributed by atoms with Crippen molar-refractivity contribution < 1.29 is 0 Å². The molecule has 0 spiro atoms. The highest BCUT2D eigenvalue weighted by atomic mass is 15.2. The molecule has 25 heavy (non-hydrogen) atoms. The fourth-order valence-electron chi connectivity index (χ4n) is 3.73. The van der Waals surface area contributed by atoms with Crippen LogP contribution in [0.3, 0.4) is 0 Å². The summed E-state index contributed by atoms with van der Waals surface area (Å²) >= 11 is 0. The number of likely N-dealkylation sites (tertiary alicyclic amines) is 1. The van der Waals surface area contributed by atoms with Crippen molar-refractivity contribution in [3.63, 3.8) is 0 Å². The number of anilines is 2. The lowest BCUT2D eigenvalue weighted by Crippen LogP contribution is -2.37. The van der Waals surface area contributed by atoms with Crippen LogP contribution >= 0.6 is 0 Å². The third-order valence-electron chi connectivity index (χ3n) is 5.49. The summed E-state index contributed by atoms with van der Waals surface area (Å²) in [6.07, 6.45) is 6.01. The molecule has 2 aromatic rings. The molecule has 134 valence electrons. The van der Waals surface area contributed by atoms with Gasteiger partial charge in [0, 0.05) is 17.8 Å². The van der Waals surface area contributed by atoms with Crippen LogP contribution in [-0.2, 0) is 0 Å². The average molecular weight is 340 g/mol. The largest absolute Gasteiger partial charge is 0.367 e. The Kier molecular flexibility index (Phi) is 4.46. The van der Waals surface area contributed by atoms with Gasteiger partial charge in [0.05, 0.1) is 5.39 Å². The highest BCUT2D eigenvalue weighted by molar-refractivity contribution is 5.90. The van der Waals surface area contributed by atoms with Gasteiger partial charge in [0.25, 0.3) is 0 Å². The highest BCUT2D eigenvalue weighted by Gasteiger charge is 2.22. The number of aryl methyl sites for hydroxylation is 2. The summed E-state index contributed by atoms with van der Waals surface area (Å²) < 4.78 is 0. The van der Waals surface area contributed by atoms with E-state index in [1.165, 1.54) is 24.8 Å². The lowest BCUT2D eigenvalue weighted by molar-refractivity contribution is 0.263. The van der Waals surface area contributed by atoms with Crippen molar-refractivity contribution in [3.05, 3.63) is 17.3 Å². The average Bonchev–Trinajstić information content (AvgIpc) is 2.52. The fourth-order valence-corrected chi connectivity index (χ4v) is 3.73. The summed E-state index contributed by atoms with van der Waals surface area (Å²) in [6.45, 7) is 6.39. The predicted octanol–water partition coefficient (Wildman–Crippen LogP) is 3.11. The quantitative estimate of drug-likeness (QED) is 0.891. The molecule has 0 amide bonds. The lowest BCUT2D eigenvalue weighted by Gasteiger charge is -2.30. The van der Waals surface area contributed by atoms with E-state index in [1.54, 1.807) is 0 Å². The number of piperidine rings is 1. The van der Waals surface area contributed by atoms with Crippen molar-refractivity contribution in [2.75, 3.05) is 30.8 Å². The Morgan fingerprint density at radius 3 is 2.36 bits per heavy atom. The van der Waals surface area contributed by atoms with Gasteiger partial charge in [0.1, 0.15) is 5.82 Å². The number of nitrogens with one attached hydrogen (secondary N) is 2. The second-order valence-electron chi connectivity index (χ2n) is 7.67. The van der Waals surface area contributed by atoms with E-state index in [9.17, 15) is 0 Å². The van der Waals surface area contributed by atoms with E-state index < -0.39 is 0 Å². The normalized spacial score (nSPS) is 19.8. The predicted molar refractivity (Wildman–Crippen MR) is 102 cm³/mol. The van der Waals surface area contributed by atoms with Crippen LogP contribution in [0.5, 0.6) is 0 Å². The zero-order valence-corrected chi connectivity index (χ0v) is 15.5. The molecule has 6 nitrogen and oxygen atoms in total. The molecule has 0 radical (unpaired) electrons. The molecule has 1 saturated heterocycles. The van der Waals surface area contributed by atoms with Gasteiger partial charge < -0.3 is 15.5 Å². The van der Waals surface area contributed by atoms with Crippen LogP contribution in [0.15, 0.2) is 6.07 Å². The fraction of sp³-hybridized carbons (Fsp3) is 0.632. The maximum Gasteiger partial charge on any atom is 0.226 e. The molecule has 0 atom stereocenters. The maximum absolute atomic E-state index is 4.84. The standard InChI is InChI=1S/C19H28N6/c1-12-11-13(2)20-17-16(12)18(21-14-5-4-6-14)24-19(23-17)22-15-7-9-25(3)10-8-15/h11,14-15H,4-10H2,1-3H3,(H2,20,21,22,23,24). The van der Waals surface area contributed by atoms with Crippen LogP contribution in [-0.4, -0.2) is 52.1 Å². The number of aromatic nitrogens is 3. The third kappa shape index (κ3) is 3.54. The summed E-state index contributed by atoms with van der Waals surface area (Å²) in [5, 5.41) is 8.24. The molecule has 1 aliphatic heterocycles. The minimum atomic E-state index is 0.441. The second kappa shape index (κ2) is 6.75. The first kappa shape index (κ1) is 16.5. The first-order valence-corrected chi connectivity index (χ1v) is 9.46. The van der Waals surface area contributed by atoms with Crippen molar-refractivity contribution in [1.82, 2.24) is 19.9 Å². The minimum absolute atomic E-state index is 0.441. The molecule has 0 aromatic carbocycles. The van der Waals surface area contributed by atoms with Gasteiger partial charge in [-0.1, -0.05) is 0 Å². The highest BCUT2D eigenvalue weighted by Crippen LogP contribution is 2.29. The molecule has 6 heteroatoms. The first-order chi connectivity index (χ1) is 12.1. The van der Waals surface area contributed by atoms with E-state index in [-0.39, 0.29) is 0 Å². The van der Waals surface area contributed by atoms with Gasteiger partial charge in [-0.3, -0.25) is 0 Å². The van der Waals surface area contributed by atoms with Crippen LogP contribution in [0, 0.1) is 13.8 Å². The van der Waals surface area contributed by atoms with Gasteiger partial charge in [-0.15, -0.1) is 0 Å². The van der Waals surface area contributed by atoms with Crippen molar-refractivity contribution in [2.24, 2.45) is 0 Å². The Bertz CT molecular complexity index is 762. The van der Waals surface area contributed by atoms with E-state index in [0.29, 0.717) is 18.0 Å². The van der Waals surface area contributed by atoms with Crippen LogP contribution in [0.4, 0.5) is 11.8 Å². The molecule has 2 aromatic heterocycles. The molecule has 1 aliphatic carbocycles. The van der Waals surface area contributed by atoms with Gasteiger partial charge in [-0.25, -0.2) is 4.98 Å². The molecule has 0 unspecified atom stereocenters. The van der Waals surface area contributed by atoms with Crippen LogP contribution in [0.2, 0.25) is 0 Å². The first-order valence-electron chi connectivity index (χ1n) is 9.46. The molecule has 3 heterocycles. The summed E-state index contributed by atoms with van der Waals surface area (Å²) in [5.74, 6) is 1.65. The number of fused-ring (bicyclic) bond motifs is 1. The molecule has 4 rings (SSSR count). The molecule has 2 N–H and O–H groups in total.